The molecule has 0 bridgehead atoms. The molecule has 1 aromatic carbocycles. The first-order chi connectivity index (χ1) is 8.56. The topological polar surface area (TPSA) is 53.2 Å². The number of carbonyl (C=O) groups excluding carboxylic acids is 1. The number of amides is 1. The highest BCUT2D eigenvalue weighted by molar-refractivity contribution is 7.80. The van der Waals surface area contributed by atoms with Crippen molar-refractivity contribution in [1.82, 2.24) is 10.9 Å². The Bertz CT molecular complexity index is 491. The lowest BCUT2D eigenvalue weighted by molar-refractivity contribution is -0.122. The molecule has 0 spiro atoms. The maximum Gasteiger partial charge on any atom is 0.241 e. The van der Waals surface area contributed by atoms with Crippen LogP contribution in [0.3, 0.4) is 0 Å². The molecule has 96 valence electrons. The molecule has 1 aliphatic rings. The summed E-state index contributed by atoms with van der Waals surface area (Å²) < 4.78 is 25.9. The Morgan fingerprint density at radius 1 is 1.28 bits per heavy atom. The van der Waals surface area contributed by atoms with E-state index in [1.54, 1.807) is 0 Å². The van der Waals surface area contributed by atoms with Gasteiger partial charge in [0.1, 0.15) is 11.6 Å². The van der Waals surface area contributed by atoms with Gasteiger partial charge in [0.2, 0.25) is 5.91 Å². The van der Waals surface area contributed by atoms with Gasteiger partial charge in [-0.05, 0) is 37.2 Å². The minimum Gasteiger partial charge on any atom is -0.329 e. The fourth-order valence-corrected chi connectivity index (χ4v) is 1.47. The Hall–Kier alpha value is -1.76. The predicted molar refractivity (Wildman–Crippen MR) is 66.6 cm³/mol. The van der Waals surface area contributed by atoms with Gasteiger partial charge < -0.3 is 5.32 Å². The van der Waals surface area contributed by atoms with Crippen LogP contribution in [0.15, 0.2) is 18.2 Å². The van der Waals surface area contributed by atoms with Crippen molar-refractivity contribution in [3.05, 3.63) is 29.8 Å². The summed E-state index contributed by atoms with van der Waals surface area (Å²) in [6, 6.07) is 3.08. The highest BCUT2D eigenvalue weighted by atomic mass is 32.1. The van der Waals surface area contributed by atoms with E-state index in [1.807, 2.05) is 0 Å². The second-order valence-corrected chi connectivity index (χ2v) is 4.38. The molecule has 0 saturated heterocycles. The Morgan fingerprint density at radius 2 is 2.00 bits per heavy atom. The Kier molecular flexibility index (Phi) is 3.71. The molecular formula is C11H11F2N3OS. The molecule has 0 atom stereocenters. The van der Waals surface area contributed by atoms with Gasteiger partial charge >= 0.3 is 0 Å². The van der Waals surface area contributed by atoms with Gasteiger partial charge in [0.15, 0.2) is 5.11 Å². The van der Waals surface area contributed by atoms with E-state index in [4.69, 9.17) is 12.2 Å². The average molecular weight is 271 g/mol. The van der Waals surface area contributed by atoms with E-state index >= 15 is 0 Å². The lowest BCUT2D eigenvalue weighted by atomic mass is 10.3. The predicted octanol–water partition coefficient (Wildman–Crippen LogP) is 1.69. The summed E-state index contributed by atoms with van der Waals surface area (Å²) in [7, 11) is 0. The normalized spacial score (nSPS) is 13.9. The van der Waals surface area contributed by atoms with Crippen LogP contribution in [0, 0.1) is 17.6 Å². The maximum absolute atomic E-state index is 13.3. The molecule has 0 unspecified atom stereocenters. The van der Waals surface area contributed by atoms with Gasteiger partial charge in [-0.1, -0.05) is 0 Å². The van der Waals surface area contributed by atoms with Crippen molar-refractivity contribution >= 4 is 28.9 Å². The Morgan fingerprint density at radius 3 is 2.61 bits per heavy atom. The highest BCUT2D eigenvalue weighted by Gasteiger charge is 2.29. The number of hydrogen-bond acceptors (Lipinski definition) is 2. The van der Waals surface area contributed by atoms with Crippen LogP contribution in [0.4, 0.5) is 14.5 Å². The molecule has 1 aliphatic carbocycles. The van der Waals surface area contributed by atoms with E-state index < -0.39 is 11.6 Å². The summed E-state index contributed by atoms with van der Waals surface area (Å²) in [5, 5.41) is 2.55. The first-order valence-electron chi connectivity index (χ1n) is 5.38. The van der Waals surface area contributed by atoms with E-state index in [1.165, 1.54) is 6.07 Å². The SMILES string of the molecule is O=C(NNC(=S)Nc1ccc(F)cc1F)C1CC1. The number of hydrogen-bond donors (Lipinski definition) is 3. The van der Waals surface area contributed by atoms with Crippen LogP contribution in [0.5, 0.6) is 0 Å². The molecule has 0 aromatic heterocycles. The highest BCUT2D eigenvalue weighted by Crippen LogP contribution is 2.28. The number of hydrazine groups is 1. The van der Waals surface area contributed by atoms with Gasteiger partial charge in [-0.25, -0.2) is 8.78 Å². The van der Waals surface area contributed by atoms with Crippen LogP contribution in [-0.2, 0) is 4.79 Å². The monoisotopic (exact) mass is 271 g/mol. The van der Waals surface area contributed by atoms with Crippen molar-refractivity contribution in [2.75, 3.05) is 5.32 Å². The van der Waals surface area contributed by atoms with Crippen molar-refractivity contribution in [2.45, 2.75) is 12.8 Å². The van der Waals surface area contributed by atoms with Crippen molar-refractivity contribution in [2.24, 2.45) is 5.92 Å². The minimum absolute atomic E-state index is 0.0366. The number of nitrogens with one attached hydrogen (secondary N) is 3. The quantitative estimate of drug-likeness (QED) is 0.566. The summed E-state index contributed by atoms with van der Waals surface area (Å²) in [6.07, 6.45) is 1.75. The average Bonchev–Trinajstić information content (AvgIpc) is 3.14. The lowest BCUT2D eigenvalue weighted by Gasteiger charge is -2.11. The Labute approximate surface area is 108 Å². The number of benzene rings is 1. The number of halogens is 2. The van der Waals surface area contributed by atoms with E-state index in [2.05, 4.69) is 16.2 Å². The fourth-order valence-electron chi connectivity index (χ4n) is 1.31. The third-order valence-electron chi connectivity index (χ3n) is 2.43. The molecule has 7 heteroatoms. The van der Waals surface area contributed by atoms with Gasteiger partial charge in [-0.3, -0.25) is 15.6 Å². The summed E-state index contributed by atoms with van der Waals surface area (Å²) in [6.45, 7) is 0. The molecule has 1 amide bonds. The standard InChI is InChI=1S/C11H11F2N3OS/c12-7-3-4-9(8(13)5-7)14-11(18)16-15-10(17)6-1-2-6/h3-6H,1-2H2,(H,15,17)(H2,14,16,18). The first-order valence-corrected chi connectivity index (χ1v) is 5.79. The summed E-state index contributed by atoms with van der Waals surface area (Å²) >= 11 is 4.86. The lowest BCUT2D eigenvalue weighted by Crippen LogP contribution is -2.44. The van der Waals surface area contributed by atoms with Crippen molar-refractivity contribution in [3.8, 4) is 0 Å². The molecule has 2 rings (SSSR count). The molecule has 18 heavy (non-hydrogen) atoms. The fraction of sp³-hybridized carbons (Fsp3) is 0.273. The number of rotatable bonds is 2. The molecule has 4 nitrogen and oxygen atoms in total. The first kappa shape index (κ1) is 12.7. The molecule has 1 saturated carbocycles. The van der Waals surface area contributed by atoms with Gasteiger partial charge in [-0.2, -0.15) is 0 Å². The van der Waals surface area contributed by atoms with E-state index in [-0.39, 0.29) is 22.6 Å². The van der Waals surface area contributed by atoms with Crippen LogP contribution >= 0.6 is 12.2 Å². The third-order valence-corrected chi connectivity index (χ3v) is 2.63. The maximum atomic E-state index is 13.3. The van der Waals surface area contributed by atoms with Gasteiger partial charge in [-0.15, -0.1) is 0 Å². The van der Waals surface area contributed by atoms with Crippen LogP contribution < -0.4 is 16.2 Å². The van der Waals surface area contributed by atoms with Gasteiger partial charge in [0, 0.05) is 12.0 Å². The minimum atomic E-state index is -0.757. The number of thiocarbonyl (C=S) groups is 1. The molecule has 1 aromatic rings. The van der Waals surface area contributed by atoms with E-state index in [9.17, 15) is 13.6 Å². The summed E-state index contributed by atoms with van der Waals surface area (Å²) in [5.41, 5.74) is 4.90. The Balaban J connectivity index is 1.84. The summed E-state index contributed by atoms with van der Waals surface area (Å²) in [4.78, 5) is 11.3. The molecule has 0 aliphatic heterocycles. The van der Waals surface area contributed by atoms with E-state index in [0.717, 1.165) is 25.0 Å². The zero-order valence-corrected chi connectivity index (χ0v) is 10.1. The van der Waals surface area contributed by atoms with Crippen molar-refractivity contribution in [3.63, 3.8) is 0 Å². The molecule has 1 fully saturated rings. The van der Waals surface area contributed by atoms with Gasteiger partial charge in [0.25, 0.3) is 0 Å². The molecule has 0 radical (unpaired) electrons. The van der Waals surface area contributed by atoms with Crippen LogP contribution in [0.1, 0.15) is 12.8 Å². The molecule has 3 N–H and O–H groups in total. The van der Waals surface area contributed by atoms with Crippen LogP contribution in [0.25, 0.3) is 0 Å². The molecule has 0 heterocycles. The van der Waals surface area contributed by atoms with Gasteiger partial charge in [0.05, 0.1) is 5.69 Å². The van der Waals surface area contributed by atoms with Crippen LogP contribution in [0.2, 0.25) is 0 Å². The summed E-state index contributed by atoms with van der Waals surface area (Å²) in [5.74, 6) is -1.52. The zero-order valence-electron chi connectivity index (χ0n) is 9.30. The van der Waals surface area contributed by atoms with Crippen molar-refractivity contribution in [1.29, 1.82) is 0 Å². The largest absolute Gasteiger partial charge is 0.329 e. The third kappa shape index (κ3) is 3.36. The number of carbonyl (C=O) groups is 1. The number of anilines is 1. The second kappa shape index (κ2) is 5.26. The van der Waals surface area contributed by atoms with Crippen molar-refractivity contribution < 1.29 is 13.6 Å². The second-order valence-electron chi connectivity index (χ2n) is 3.97. The zero-order chi connectivity index (χ0) is 13.1. The van der Waals surface area contributed by atoms with E-state index in [0.29, 0.717) is 0 Å². The smallest absolute Gasteiger partial charge is 0.241 e. The van der Waals surface area contributed by atoms with Crippen LogP contribution in [-0.4, -0.2) is 11.0 Å². The molecular weight excluding hydrogens is 260 g/mol.